The molecule has 0 aromatic carbocycles. The van der Waals surface area contributed by atoms with E-state index in [4.69, 9.17) is 0 Å². The van der Waals surface area contributed by atoms with E-state index in [1.165, 1.54) is 58.4 Å². The van der Waals surface area contributed by atoms with E-state index >= 15 is 0 Å². The van der Waals surface area contributed by atoms with Crippen LogP contribution >= 0.6 is 0 Å². The Morgan fingerprint density at radius 3 is 2.40 bits per heavy atom. The van der Waals surface area contributed by atoms with Crippen LogP contribution in [0.5, 0.6) is 0 Å². The fraction of sp³-hybridized carbons (Fsp3) is 1.00. The van der Waals surface area contributed by atoms with Gasteiger partial charge in [0.15, 0.2) is 0 Å². The van der Waals surface area contributed by atoms with Crippen molar-refractivity contribution >= 4 is 0 Å². The van der Waals surface area contributed by atoms with Crippen molar-refractivity contribution in [2.24, 2.45) is 5.92 Å². The van der Waals surface area contributed by atoms with Crippen LogP contribution in [0.3, 0.4) is 0 Å². The molecule has 0 bridgehead atoms. The molecule has 1 heterocycles. The highest BCUT2D eigenvalue weighted by Gasteiger charge is 2.31. The van der Waals surface area contributed by atoms with Crippen molar-refractivity contribution in [1.82, 2.24) is 0 Å². The van der Waals surface area contributed by atoms with Crippen molar-refractivity contribution in [3.05, 3.63) is 0 Å². The summed E-state index contributed by atoms with van der Waals surface area (Å²) in [6.07, 6.45) is 5.97. The normalized spacial score (nSPS) is 42.8. The van der Waals surface area contributed by atoms with Gasteiger partial charge in [-0.25, -0.2) is 0 Å². The molecule has 2 nitrogen and oxygen atoms in total. The smallest absolute Gasteiger partial charge is 0.127 e. The summed E-state index contributed by atoms with van der Waals surface area (Å²) in [4.78, 5) is 3.75. The summed E-state index contributed by atoms with van der Waals surface area (Å²) < 4.78 is 0. The van der Waals surface area contributed by atoms with Gasteiger partial charge in [0.1, 0.15) is 26.2 Å². The Morgan fingerprint density at radius 2 is 1.80 bits per heavy atom. The van der Waals surface area contributed by atoms with Crippen LogP contribution in [0.1, 0.15) is 39.5 Å². The SMILES string of the molecule is CC[NH+]1CC[NH+]([C@@H]2CCC[C@H](C)C2)CC1. The van der Waals surface area contributed by atoms with Crippen LogP contribution in [-0.2, 0) is 0 Å². The van der Waals surface area contributed by atoms with Crippen molar-refractivity contribution in [2.45, 2.75) is 45.6 Å². The molecule has 0 aromatic rings. The Kier molecular flexibility index (Phi) is 4.04. The van der Waals surface area contributed by atoms with Crippen LogP contribution in [0.15, 0.2) is 0 Å². The molecule has 2 rings (SSSR count). The molecular weight excluding hydrogens is 184 g/mol. The standard InChI is InChI=1S/C13H26N2/c1-3-14-7-9-15(10-8-14)13-6-4-5-12(2)11-13/h12-13H,3-11H2,1-2H3/p+2/t12-,13+/m0/s1. The molecule has 2 atom stereocenters. The first kappa shape index (κ1) is 11.4. The summed E-state index contributed by atoms with van der Waals surface area (Å²) in [7, 11) is 0. The molecule has 88 valence electrons. The van der Waals surface area contributed by atoms with Gasteiger partial charge in [0.25, 0.3) is 0 Å². The third-order valence-electron chi connectivity index (χ3n) is 4.61. The van der Waals surface area contributed by atoms with E-state index in [-0.39, 0.29) is 0 Å². The average Bonchev–Trinajstić information content (AvgIpc) is 2.29. The fourth-order valence-electron chi connectivity index (χ4n) is 3.49. The molecule has 1 saturated heterocycles. The second-order valence-electron chi connectivity index (χ2n) is 5.73. The van der Waals surface area contributed by atoms with Gasteiger partial charge < -0.3 is 9.80 Å². The molecule has 0 amide bonds. The highest BCUT2D eigenvalue weighted by atomic mass is 15.3. The lowest BCUT2D eigenvalue weighted by Gasteiger charge is -2.37. The molecule has 0 aromatic heterocycles. The lowest BCUT2D eigenvalue weighted by atomic mass is 9.86. The van der Waals surface area contributed by atoms with Crippen LogP contribution < -0.4 is 9.80 Å². The average molecular weight is 212 g/mol. The molecule has 15 heavy (non-hydrogen) atoms. The van der Waals surface area contributed by atoms with Gasteiger partial charge in [-0.05, 0) is 25.7 Å². The first-order valence-electron chi connectivity index (χ1n) is 6.97. The third kappa shape index (κ3) is 2.94. The van der Waals surface area contributed by atoms with Gasteiger partial charge in [0.2, 0.25) is 0 Å². The first-order valence-corrected chi connectivity index (χ1v) is 6.97. The van der Waals surface area contributed by atoms with Gasteiger partial charge >= 0.3 is 0 Å². The largest absolute Gasteiger partial charge is 0.326 e. The molecule has 2 aliphatic rings. The predicted molar refractivity (Wildman–Crippen MR) is 63.4 cm³/mol. The van der Waals surface area contributed by atoms with Gasteiger partial charge in [-0.1, -0.05) is 13.3 Å². The number of hydrogen-bond acceptors (Lipinski definition) is 0. The summed E-state index contributed by atoms with van der Waals surface area (Å²) in [5, 5.41) is 0. The molecule has 1 saturated carbocycles. The first-order chi connectivity index (χ1) is 7.29. The molecular formula is C13H28N2+2. The molecule has 2 fully saturated rings. The fourth-order valence-corrected chi connectivity index (χ4v) is 3.49. The molecule has 2 N–H and O–H groups in total. The number of hydrogen-bond donors (Lipinski definition) is 2. The van der Waals surface area contributed by atoms with Crippen molar-refractivity contribution < 1.29 is 9.80 Å². The molecule has 0 spiro atoms. The Balaban J connectivity index is 1.79. The van der Waals surface area contributed by atoms with E-state index in [9.17, 15) is 0 Å². The van der Waals surface area contributed by atoms with Crippen molar-refractivity contribution in [3.8, 4) is 0 Å². The van der Waals surface area contributed by atoms with Crippen LogP contribution in [0.2, 0.25) is 0 Å². The molecule has 1 aliphatic heterocycles. The summed E-state index contributed by atoms with van der Waals surface area (Å²) >= 11 is 0. The molecule has 1 aliphatic carbocycles. The number of likely N-dealkylation sites (N-methyl/N-ethyl adjacent to an activating group) is 1. The van der Waals surface area contributed by atoms with Crippen LogP contribution in [0, 0.1) is 5.92 Å². The van der Waals surface area contributed by atoms with Gasteiger partial charge in [0, 0.05) is 6.42 Å². The van der Waals surface area contributed by atoms with E-state index < -0.39 is 0 Å². The minimum Gasteiger partial charge on any atom is -0.326 e. The summed E-state index contributed by atoms with van der Waals surface area (Å²) in [5.41, 5.74) is 0. The van der Waals surface area contributed by atoms with Crippen molar-refractivity contribution in [3.63, 3.8) is 0 Å². The maximum absolute atomic E-state index is 2.44. The van der Waals surface area contributed by atoms with Crippen LogP contribution in [0.25, 0.3) is 0 Å². The quantitative estimate of drug-likeness (QED) is 0.603. The third-order valence-corrected chi connectivity index (χ3v) is 4.61. The van der Waals surface area contributed by atoms with E-state index in [2.05, 4.69) is 13.8 Å². The Labute approximate surface area is 94.6 Å². The number of nitrogens with one attached hydrogen (secondary N) is 2. The number of rotatable bonds is 2. The maximum atomic E-state index is 2.44. The van der Waals surface area contributed by atoms with E-state index in [0.717, 1.165) is 12.0 Å². The van der Waals surface area contributed by atoms with Gasteiger partial charge in [0.05, 0.1) is 12.6 Å². The van der Waals surface area contributed by atoms with Crippen LogP contribution in [-0.4, -0.2) is 38.8 Å². The van der Waals surface area contributed by atoms with Gasteiger partial charge in [-0.15, -0.1) is 0 Å². The lowest BCUT2D eigenvalue weighted by molar-refractivity contribution is -1.02. The zero-order chi connectivity index (χ0) is 10.7. The number of piperazine rings is 1. The van der Waals surface area contributed by atoms with Crippen molar-refractivity contribution in [1.29, 1.82) is 0 Å². The molecule has 2 heteroatoms. The highest BCUT2D eigenvalue weighted by Crippen LogP contribution is 2.21. The Morgan fingerprint density at radius 1 is 1.07 bits per heavy atom. The monoisotopic (exact) mass is 212 g/mol. The zero-order valence-electron chi connectivity index (χ0n) is 10.5. The second-order valence-corrected chi connectivity index (χ2v) is 5.73. The lowest BCUT2D eigenvalue weighted by Crippen LogP contribution is -3.29. The molecule has 0 radical (unpaired) electrons. The minimum absolute atomic E-state index is 0.993. The van der Waals surface area contributed by atoms with Gasteiger partial charge in [-0.3, -0.25) is 0 Å². The summed E-state index contributed by atoms with van der Waals surface area (Å²) in [6.45, 7) is 11.8. The highest BCUT2D eigenvalue weighted by molar-refractivity contribution is 4.69. The second kappa shape index (κ2) is 5.31. The maximum Gasteiger partial charge on any atom is 0.127 e. The predicted octanol–water partition coefficient (Wildman–Crippen LogP) is -0.632. The Bertz CT molecular complexity index is 185. The van der Waals surface area contributed by atoms with E-state index in [1.807, 2.05) is 9.80 Å². The van der Waals surface area contributed by atoms with Gasteiger partial charge in [-0.2, -0.15) is 0 Å². The minimum atomic E-state index is 0.993. The summed E-state index contributed by atoms with van der Waals surface area (Å²) in [6, 6.07) is 1.01. The van der Waals surface area contributed by atoms with E-state index in [0.29, 0.717) is 0 Å². The number of quaternary nitrogens is 2. The van der Waals surface area contributed by atoms with Crippen molar-refractivity contribution in [2.75, 3.05) is 32.7 Å². The van der Waals surface area contributed by atoms with E-state index in [1.54, 1.807) is 0 Å². The van der Waals surface area contributed by atoms with Crippen LogP contribution in [0.4, 0.5) is 0 Å². The zero-order valence-corrected chi connectivity index (χ0v) is 10.5. The molecule has 0 unspecified atom stereocenters. The topological polar surface area (TPSA) is 8.88 Å². The summed E-state index contributed by atoms with van der Waals surface area (Å²) in [5.74, 6) is 0.993. The Hall–Kier alpha value is -0.0800.